The van der Waals surface area contributed by atoms with Crippen LogP contribution in [0.15, 0.2) is 0 Å². The summed E-state index contributed by atoms with van der Waals surface area (Å²) in [5.74, 6) is 3.20. The number of hydrogen-bond acceptors (Lipinski definition) is 2. The Morgan fingerprint density at radius 2 is 2.10 bits per heavy atom. The van der Waals surface area contributed by atoms with E-state index in [1.165, 1.54) is 57.8 Å². The Hall–Kier alpha value is -0.0800. The first kappa shape index (κ1) is 14.8. The maximum atomic E-state index is 5.90. The summed E-state index contributed by atoms with van der Waals surface area (Å²) in [7, 11) is 0. The molecule has 3 fully saturated rings. The summed E-state index contributed by atoms with van der Waals surface area (Å²) in [6.45, 7) is 4.38. The van der Waals surface area contributed by atoms with E-state index in [-0.39, 0.29) is 0 Å². The Balaban J connectivity index is 1.42. The minimum Gasteiger partial charge on any atom is -0.378 e. The van der Waals surface area contributed by atoms with E-state index in [0.717, 1.165) is 36.9 Å². The third-order valence-corrected chi connectivity index (χ3v) is 6.08. The molecule has 1 aliphatic heterocycles. The first-order chi connectivity index (χ1) is 9.85. The highest BCUT2D eigenvalue weighted by atomic mass is 16.5. The van der Waals surface area contributed by atoms with Crippen LogP contribution in [0.3, 0.4) is 0 Å². The normalized spacial score (nSPS) is 38.2. The number of hydrogen-bond donors (Lipinski definition) is 1. The van der Waals surface area contributed by atoms with Gasteiger partial charge in [-0.2, -0.15) is 0 Å². The van der Waals surface area contributed by atoms with E-state index < -0.39 is 0 Å². The fourth-order valence-electron chi connectivity index (χ4n) is 5.04. The van der Waals surface area contributed by atoms with Gasteiger partial charge in [0.25, 0.3) is 0 Å². The van der Waals surface area contributed by atoms with Gasteiger partial charge in [-0.05, 0) is 82.1 Å². The lowest BCUT2D eigenvalue weighted by molar-refractivity contribution is 0.00803. The average Bonchev–Trinajstić information content (AvgIpc) is 3.09. The van der Waals surface area contributed by atoms with Crippen LogP contribution in [0.5, 0.6) is 0 Å². The zero-order valence-electron chi connectivity index (χ0n) is 13.3. The number of rotatable bonds is 7. The third-order valence-electron chi connectivity index (χ3n) is 6.08. The van der Waals surface area contributed by atoms with Crippen molar-refractivity contribution in [3.05, 3.63) is 0 Å². The molecule has 5 atom stereocenters. The predicted molar refractivity (Wildman–Crippen MR) is 83.8 cm³/mol. The molecule has 116 valence electrons. The summed E-state index contributed by atoms with van der Waals surface area (Å²) < 4.78 is 5.90. The molecule has 3 aliphatic rings. The van der Waals surface area contributed by atoms with E-state index in [2.05, 4.69) is 12.2 Å². The van der Waals surface area contributed by atoms with E-state index in [0.29, 0.717) is 6.10 Å². The highest BCUT2D eigenvalue weighted by Crippen LogP contribution is 2.50. The summed E-state index contributed by atoms with van der Waals surface area (Å²) in [6, 6.07) is 0.745. The maximum Gasteiger partial charge on any atom is 0.0575 e. The SMILES string of the molecule is CCNC(CCC1CCCCO1)CC1CC2CCC1C2. The minimum atomic E-state index is 0.560. The topological polar surface area (TPSA) is 21.3 Å². The van der Waals surface area contributed by atoms with E-state index in [1.807, 2.05) is 0 Å². The van der Waals surface area contributed by atoms with Gasteiger partial charge in [-0.3, -0.25) is 0 Å². The number of ether oxygens (including phenoxy) is 1. The van der Waals surface area contributed by atoms with Gasteiger partial charge in [-0.15, -0.1) is 0 Å². The molecule has 0 spiro atoms. The highest BCUT2D eigenvalue weighted by molar-refractivity contribution is 4.91. The van der Waals surface area contributed by atoms with Gasteiger partial charge in [0, 0.05) is 12.6 Å². The van der Waals surface area contributed by atoms with Crippen LogP contribution in [0, 0.1) is 17.8 Å². The van der Waals surface area contributed by atoms with Gasteiger partial charge in [-0.1, -0.05) is 13.3 Å². The summed E-state index contributed by atoms with van der Waals surface area (Å²) in [5, 5.41) is 3.75. The summed E-state index contributed by atoms with van der Waals surface area (Å²) in [5.41, 5.74) is 0. The van der Waals surface area contributed by atoms with Crippen LogP contribution >= 0.6 is 0 Å². The molecule has 2 bridgehead atoms. The summed E-state index contributed by atoms with van der Waals surface area (Å²) in [6.07, 6.45) is 14.7. The third kappa shape index (κ3) is 3.76. The Morgan fingerprint density at radius 3 is 2.75 bits per heavy atom. The van der Waals surface area contributed by atoms with E-state index in [4.69, 9.17) is 4.74 Å². The van der Waals surface area contributed by atoms with E-state index >= 15 is 0 Å². The highest BCUT2D eigenvalue weighted by Gasteiger charge is 2.39. The summed E-state index contributed by atoms with van der Waals surface area (Å²) in [4.78, 5) is 0. The average molecular weight is 279 g/mol. The monoisotopic (exact) mass is 279 g/mol. The van der Waals surface area contributed by atoms with Crippen LogP contribution in [0.1, 0.15) is 71.1 Å². The van der Waals surface area contributed by atoms with E-state index in [9.17, 15) is 0 Å². The van der Waals surface area contributed by atoms with Crippen molar-refractivity contribution in [1.29, 1.82) is 0 Å². The molecule has 0 aromatic rings. The molecule has 2 saturated carbocycles. The Labute approximate surface area is 125 Å². The molecule has 2 nitrogen and oxygen atoms in total. The van der Waals surface area contributed by atoms with Crippen molar-refractivity contribution >= 4 is 0 Å². The second-order valence-corrected chi connectivity index (χ2v) is 7.49. The van der Waals surface area contributed by atoms with Gasteiger partial charge in [0.2, 0.25) is 0 Å². The van der Waals surface area contributed by atoms with Crippen molar-refractivity contribution in [3.63, 3.8) is 0 Å². The smallest absolute Gasteiger partial charge is 0.0575 e. The molecule has 1 saturated heterocycles. The van der Waals surface area contributed by atoms with Crippen LogP contribution < -0.4 is 5.32 Å². The Kier molecular flexibility index (Phi) is 5.39. The lowest BCUT2D eigenvalue weighted by Crippen LogP contribution is -2.33. The minimum absolute atomic E-state index is 0.560. The molecule has 20 heavy (non-hydrogen) atoms. The van der Waals surface area contributed by atoms with Gasteiger partial charge in [0.15, 0.2) is 0 Å². The molecule has 0 radical (unpaired) electrons. The van der Waals surface area contributed by atoms with Gasteiger partial charge >= 0.3 is 0 Å². The van der Waals surface area contributed by atoms with Crippen LogP contribution in [-0.2, 0) is 4.74 Å². The van der Waals surface area contributed by atoms with Crippen molar-refractivity contribution < 1.29 is 4.74 Å². The molecule has 1 N–H and O–H groups in total. The zero-order chi connectivity index (χ0) is 13.8. The molecular weight excluding hydrogens is 246 g/mol. The second kappa shape index (κ2) is 7.26. The van der Waals surface area contributed by atoms with Crippen LogP contribution in [0.2, 0.25) is 0 Å². The van der Waals surface area contributed by atoms with Gasteiger partial charge in [-0.25, -0.2) is 0 Å². The van der Waals surface area contributed by atoms with Crippen molar-refractivity contribution in [2.24, 2.45) is 17.8 Å². The zero-order valence-corrected chi connectivity index (χ0v) is 13.3. The summed E-state index contributed by atoms with van der Waals surface area (Å²) >= 11 is 0. The molecule has 0 aromatic carbocycles. The van der Waals surface area contributed by atoms with Crippen molar-refractivity contribution in [3.8, 4) is 0 Å². The lowest BCUT2D eigenvalue weighted by Gasteiger charge is -2.29. The van der Waals surface area contributed by atoms with Crippen molar-refractivity contribution in [2.75, 3.05) is 13.2 Å². The molecule has 2 heteroatoms. The van der Waals surface area contributed by atoms with Crippen molar-refractivity contribution in [1.82, 2.24) is 5.32 Å². The first-order valence-electron chi connectivity index (χ1n) is 9.20. The molecular formula is C18H33NO. The van der Waals surface area contributed by atoms with Crippen LogP contribution in [-0.4, -0.2) is 25.3 Å². The lowest BCUT2D eigenvalue weighted by atomic mass is 9.83. The Bertz CT molecular complexity index is 287. The van der Waals surface area contributed by atoms with Gasteiger partial charge in [0.1, 0.15) is 0 Å². The molecule has 3 rings (SSSR count). The van der Waals surface area contributed by atoms with Crippen LogP contribution in [0.4, 0.5) is 0 Å². The van der Waals surface area contributed by atoms with Gasteiger partial charge in [0.05, 0.1) is 6.10 Å². The molecule has 0 amide bonds. The molecule has 0 aromatic heterocycles. The van der Waals surface area contributed by atoms with Crippen molar-refractivity contribution in [2.45, 2.75) is 83.3 Å². The largest absolute Gasteiger partial charge is 0.378 e. The number of nitrogens with one attached hydrogen (secondary N) is 1. The second-order valence-electron chi connectivity index (χ2n) is 7.49. The predicted octanol–water partition coefficient (Wildman–Crippen LogP) is 4.14. The Morgan fingerprint density at radius 1 is 1.15 bits per heavy atom. The molecule has 1 heterocycles. The number of fused-ring (bicyclic) bond motifs is 2. The fraction of sp³-hybridized carbons (Fsp3) is 1.00. The maximum absolute atomic E-state index is 5.90. The van der Waals surface area contributed by atoms with Crippen LogP contribution in [0.25, 0.3) is 0 Å². The quantitative estimate of drug-likeness (QED) is 0.756. The molecule has 2 aliphatic carbocycles. The van der Waals surface area contributed by atoms with Gasteiger partial charge < -0.3 is 10.1 Å². The van der Waals surface area contributed by atoms with E-state index in [1.54, 1.807) is 6.42 Å². The first-order valence-corrected chi connectivity index (χ1v) is 9.20. The fourth-order valence-corrected chi connectivity index (χ4v) is 5.04. The standard InChI is InChI=1S/C18H33NO/c1-2-19-17(8-9-18-5-3-4-10-20-18)13-16-12-14-6-7-15(16)11-14/h14-19H,2-13H2,1H3. The molecule has 5 unspecified atom stereocenters.